The van der Waals surface area contributed by atoms with E-state index in [1.807, 2.05) is 0 Å². The topological polar surface area (TPSA) is 66.5 Å². The molecule has 3 amide bonds. The van der Waals surface area contributed by atoms with E-state index in [2.05, 4.69) is 5.32 Å². The Labute approximate surface area is 117 Å². The van der Waals surface area contributed by atoms with Crippen LogP contribution in [0.2, 0.25) is 0 Å². The van der Waals surface area contributed by atoms with Crippen molar-refractivity contribution in [1.82, 2.24) is 10.2 Å². The van der Waals surface area contributed by atoms with Gasteiger partial charge in [-0.05, 0) is 17.7 Å². The number of halogens is 3. The molecule has 0 saturated carbocycles. The van der Waals surface area contributed by atoms with Crippen LogP contribution in [-0.2, 0) is 27.0 Å². The molecule has 1 heterocycles. The first kappa shape index (κ1) is 15.0. The summed E-state index contributed by atoms with van der Waals surface area (Å²) >= 11 is 0. The summed E-state index contributed by atoms with van der Waals surface area (Å²) < 4.78 is 37.2. The van der Waals surface area contributed by atoms with Gasteiger partial charge in [0.05, 0.1) is 12.0 Å². The minimum atomic E-state index is -4.43. The van der Waals surface area contributed by atoms with Crippen LogP contribution in [0.25, 0.3) is 0 Å². The van der Waals surface area contributed by atoms with E-state index in [0.717, 1.165) is 17.0 Å². The molecule has 5 nitrogen and oxygen atoms in total. The second-order valence-electron chi connectivity index (χ2n) is 4.59. The summed E-state index contributed by atoms with van der Waals surface area (Å²) in [5.74, 6) is -1.64. The van der Waals surface area contributed by atoms with Crippen molar-refractivity contribution in [2.24, 2.45) is 0 Å². The SMILES string of the molecule is O=C1CN(C(=O)Cc2ccc(C(F)(F)F)cc2)CC(=O)N1. The first-order chi connectivity index (χ1) is 9.75. The lowest BCUT2D eigenvalue weighted by Gasteiger charge is -2.25. The number of imide groups is 1. The van der Waals surface area contributed by atoms with E-state index in [9.17, 15) is 27.6 Å². The number of benzene rings is 1. The Morgan fingerprint density at radius 3 is 2.10 bits per heavy atom. The Balaban J connectivity index is 2.02. The van der Waals surface area contributed by atoms with Crippen LogP contribution in [0.3, 0.4) is 0 Å². The van der Waals surface area contributed by atoms with Crippen molar-refractivity contribution in [3.63, 3.8) is 0 Å². The van der Waals surface area contributed by atoms with Crippen LogP contribution in [-0.4, -0.2) is 35.7 Å². The van der Waals surface area contributed by atoms with Gasteiger partial charge >= 0.3 is 6.18 Å². The lowest BCUT2D eigenvalue weighted by molar-refractivity contribution is -0.145. The molecule has 21 heavy (non-hydrogen) atoms. The van der Waals surface area contributed by atoms with Crippen molar-refractivity contribution < 1.29 is 27.6 Å². The maximum atomic E-state index is 12.4. The van der Waals surface area contributed by atoms with E-state index in [1.165, 1.54) is 12.1 Å². The first-order valence-corrected chi connectivity index (χ1v) is 6.02. The van der Waals surface area contributed by atoms with E-state index in [4.69, 9.17) is 0 Å². The Morgan fingerprint density at radius 2 is 1.62 bits per heavy atom. The Hall–Kier alpha value is -2.38. The second-order valence-corrected chi connectivity index (χ2v) is 4.59. The quantitative estimate of drug-likeness (QED) is 0.819. The van der Waals surface area contributed by atoms with Crippen LogP contribution in [0.1, 0.15) is 11.1 Å². The molecular formula is C13H11F3N2O3. The van der Waals surface area contributed by atoms with Gasteiger partial charge in [0.2, 0.25) is 17.7 Å². The molecule has 1 aliphatic heterocycles. The number of hydrogen-bond donors (Lipinski definition) is 1. The third-order valence-electron chi connectivity index (χ3n) is 2.94. The van der Waals surface area contributed by atoms with Gasteiger partial charge in [0.25, 0.3) is 0 Å². The van der Waals surface area contributed by atoms with Crippen molar-refractivity contribution in [3.05, 3.63) is 35.4 Å². The molecule has 0 aromatic heterocycles. The monoisotopic (exact) mass is 300 g/mol. The molecule has 0 radical (unpaired) electrons. The molecule has 1 aromatic rings. The molecule has 1 fully saturated rings. The van der Waals surface area contributed by atoms with Crippen molar-refractivity contribution in [3.8, 4) is 0 Å². The normalized spacial score (nSPS) is 15.9. The van der Waals surface area contributed by atoms with Crippen LogP contribution >= 0.6 is 0 Å². The van der Waals surface area contributed by atoms with Crippen LogP contribution in [0, 0.1) is 0 Å². The van der Waals surface area contributed by atoms with Gasteiger partial charge in [-0.1, -0.05) is 12.1 Å². The first-order valence-electron chi connectivity index (χ1n) is 6.02. The van der Waals surface area contributed by atoms with Gasteiger partial charge in [0, 0.05) is 0 Å². The van der Waals surface area contributed by atoms with Crippen LogP contribution in [0.15, 0.2) is 24.3 Å². The summed E-state index contributed by atoms with van der Waals surface area (Å²) in [6, 6.07) is 4.17. The highest BCUT2D eigenvalue weighted by Crippen LogP contribution is 2.29. The highest BCUT2D eigenvalue weighted by atomic mass is 19.4. The van der Waals surface area contributed by atoms with E-state index in [-0.39, 0.29) is 19.5 Å². The molecule has 0 aliphatic carbocycles. The summed E-state index contributed by atoms with van der Waals surface area (Å²) in [5, 5.41) is 2.06. The number of nitrogens with zero attached hydrogens (tertiary/aromatic N) is 1. The molecule has 2 rings (SSSR count). The number of piperazine rings is 1. The van der Waals surface area contributed by atoms with Gasteiger partial charge in [-0.25, -0.2) is 0 Å². The number of alkyl halides is 3. The van der Waals surface area contributed by atoms with Gasteiger partial charge < -0.3 is 4.90 Å². The largest absolute Gasteiger partial charge is 0.416 e. The lowest BCUT2D eigenvalue weighted by atomic mass is 10.1. The molecule has 0 unspecified atom stereocenters. The molecule has 1 saturated heterocycles. The lowest BCUT2D eigenvalue weighted by Crippen LogP contribution is -2.53. The van der Waals surface area contributed by atoms with Gasteiger partial charge in [-0.2, -0.15) is 13.2 Å². The van der Waals surface area contributed by atoms with Gasteiger partial charge in [0.1, 0.15) is 13.1 Å². The van der Waals surface area contributed by atoms with Crippen molar-refractivity contribution in [2.75, 3.05) is 13.1 Å². The predicted molar refractivity (Wildman–Crippen MR) is 64.9 cm³/mol. The zero-order chi connectivity index (χ0) is 15.6. The fourth-order valence-corrected chi connectivity index (χ4v) is 1.91. The number of amides is 3. The minimum Gasteiger partial charge on any atom is -0.324 e. The fourth-order valence-electron chi connectivity index (χ4n) is 1.91. The molecule has 0 atom stereocenters. The van der Waals surface area contributed by atoms with Crippen molar-refractivity contribution >= 4 is 17.7 Å². The number of carbonyl (C=O) groups excluding carboxylic acids is 3. The van der Waals surface area contributed by atoms with Gasteiger partial charge in [-0.15, -0.1) is 0 Å². The summed E-state index contributed by atoms with van der Waals surface area (Å²) in [5.41, 5.74) is -0.419. The highest BCUT2D eigenvalue weighted by Gasteiger charge is 2.30. The Kier molecular flexibility index (Phi) is 3.97. The predicted octanol–water partition coefficient (Wildman–Crippen LogP) is 0.733. The van der Waals surface area contributed by atoms with E-state index in [1.54, 1.807) is 0 Å². The summed E-state index contributed by atoms with van der Waals surface area (Å²) in [7, 11) is 0. The number of nitrogens with one attached hydrogen (secondary N) is 1. The zero-order valence-electron chi connectivity index (χ0n) is 10.7. The Morgan fingerprint density at radius 1 is 1.10 bits per heavy atom. The van der Waals surface area contributed by atoms with E-state index >= 15 is 0 Å². The molecule has 0 bridgehead atoms. The molecule has 8 heteroatoms. The smallest absolute Gasteiger partial charge is 0.324 e. The molecule has 112 valence electrons. The maximum Gasteiger partial charge on any atom is 0.416 e. The summed E-state index contributed by atoms with van der Waals surface area (Å²) in [6.45, 7) is -0.462. The third-order valence-corrected chi connectivity index (χ3v) is 2.94. The van der Waals surface area contributed by atoms with Crippen molar-refractivity contribution in [2.45, 2.75) is 12.6 Å². The molecule has 1 aliphatic rings. The second kappa shape index (κ2) is 5.55. The third kappa shape index (κ3) is 3.80. The van der Waals surface area contributed by atoms with Gasteiger partial charge in [0.15, 0.2) is 0 Å². The number of rotatable bonds is 2. The number of carbonyl (C=O) groups is 3. The van der Waals surface area contributed by atoms with Gasteiger partial charge in [-0.3, -0.25) is 19.7 Å². The standard InChI is InChI=1S/C13H11F3N2O3/c14-13(15,16)9-3-1-8(2-4-9)5-12(21)18-6-10(19)17-11(20)7-18/h1-4H,5-7H2,(H,17,19,20). The highest BCUT2D eigenvalue weighted by molar-refractivity contribution is 6.02. The van der Waals surface area contributed by atoms with Crippen LogP contribution in [0.4, 0.5) is 13.2 Å². The fraction of sp³-hybridized carbons (Fsp3) is 0.308. The Bertz CT molecular complexity index is 565. The van der Waals surface area contributed by atoms with E-state index in [0.29, 0.717) is 5.56 Å². The molecule has 1 N–H and O–H groups in total. The molecular weight excluding hydrogens is 289 g/mol. The van der Waals surface area contributed by atoms with E-state index < -0.39 is 29.5 Å². The maximum absolute atomic E-state index is 12.4. The zero-order valence-corrected chi connectivity index (χ0v) is 10.7. The molecule has 0 spiro atoms. The number of hydrogen-bond acceptors (Lipinski definition) is 3. The summed E-state index contributed by atoms with van der Waals surface area (Å²) in [4.78, 5) is 35.3. The van der Waals surface area contributed by atoms with Crippen molar-refractivity contribution in [1.29, 1.82) is 0 Å². The average Bonchev–Trinajstić information content (AvgIpc) is 2.37. The summed E-state index contributed by atoms with van der Waals surface area (Å²) in [6.07, 6.45) is -4.60. The molecule has 1 aromatic carbocycles. The van der Waals surface area contributed by atoms with Crippen LogP contribution in [0.5, 0.6) is 0 Å². The average molecular weight is 300 g/mol. The minimum absolute atomic E-state index is 0.168. The van der Waals surface area contributed by atoms with Crippen LogP contribution < -0.4 is 5.32 Å².